The molecule has 1 fully saturated rings. The Bertz CT molecular complexity index is 1650. The predicted molar refractivity (Wildman–Crippen MR) is 130 cm³/mol. The number of hydrogen-bond acceptors (Lipinski definition) is 10. The first-order valence-corrected chi connectivity index (χ1v) is 12.5. The largest absolute Gasteiger partial charge is 0.394 e. The van der Waals surface area contributed by atoms with Crippen molar-refractivity contribution in [2.45, 2.75) is 37.4 Å². The Kier molecular flexibility index (Phi) is 6.39. The molecule has 1 saturated heterocycles. The lowest BCUT2D eigenvalue weighted by atomic mass is 9.92. The second-order valence-corrected chi connectivity index (χ2v) is 10.3. The molecule has 4 heterocycles. The molecule has 0 radical (unpaired) electrons. The lowest BCUT2D eigenvalue weighted by Crippen LogP contribution is -2.53. The summed E-state index contributed by atoms with van der Waals surface area (Å²) in [5.41, 5.74) is 1.28. The van der Waals surface area contributed by atoms with E-state index in [4.69, 9.17) is 4.74 Å². The third-order valence-corrected chi connectivity index (χ3v) is 7.52. The number of aliphatic hydroxyl groups is 3. The molecule has 15 heteroatoms. The fourth-order valence-electron chi connectivity index (χ4n) is 4.70. The van der Waals surface area contributed by atoms with Crippen molar-refractivity contribution < 1.29 is 33.2 Å². The summed E-state index contributed by atoms with van der Waals surface area (Å²) < 4.78 is 50.5. The zero-order valence-corrected chi connectivity index (χ0v) is 20.9. The summed E-state index contributed by atoms with van der Waals surface area (Å²) >= 11 is 1.55. The van der Waals surface area contributed by atoms with Gasteiger partial charge in [-0.15, -0.1) is 26.6 Å². The first kappa shape index (κ1) is 25.5. The highest BCUT2D eigenvalue weighted by atomic mass is 32.1. The molecule has 0 aliphatic carbocycles. The molecule has 0 spiro atoms. The Balaban J connectivity index is 1.36. The maximum atomic E-state index is 13.8. The first-order valence-electron chi connectivity index (χ1n) is 11.7. The van der Waals surface area contributed by atoms with Crippen molar-refractivity contribution in [3.63, 3.8) is 0 Å². The van der Waals surface area contributed by atoms with Gasteiger partial charge in [-0.1, -0.05) is 5.21 Å². The summed E-state index contributed by atoms with van der Waals surface area (Å²) in [5.74, 6) is -4.25. The molecule has 1 aliphatic rings. The van der Waals surface area contributed by atoms with Crippen molar-refractivity contribution in [3.8, 4) is 16.9 Å². The topological polar surface area (TPSA) is 144 Å². The molecule has 202 valence electrons. The fraction of sp³-hybridized carbons (Fsp3) is 0.292. The number of aromatic nitrogens is 7. The standard InChI is InChI=1S/C24H20F3N7O4S/c1-10-29-15-6-12(2-3-18(15)39-10)33-9-28-31-24(33)23-22(37)20(21(36)17(8-35)38-23)34-7-16(30-32-34)11-4-13(25)19(27)14(26)5-11/h2-7,9,17,20-23,35-37H,8H2,1H3/t17-,20+,21+,22-,23-/m1/s1. The van der Waals surface area contributed by atoms with E-state index in [-0.39, 0.29) is 17.1 Å². The molecule has 5 atom stereocenters. The van der Waals surface area contributed by atoms with Gasteiger partial charge in [-0.05, 0) is 37.3 Å². The highest BCUT2D eigenvalue weighted by Gasteiger charge is 2.48. The molecule has 3 aromatic heterocycles. The minimum atomic E-state index is -1.62. The Morgan fingerprint density at radius 2 is 1.82 bits per heavy atom. The van der Waals surface area contributed by atoms with Crippen LogP contribution in [-0.2, 0) is 4.74 Å². The Labute approximate surface area is 221 Å². The number of ether oxygens (including phenoxy) is 1. The van der Waals surface area contributed by atoms with Crippen molar-refractivity contribution in [1.29, 1.82) is 0 Å². The van der Waals surface area contributed by atoms with Gasteiger partial charge in [-0.2, -0.15) is 0 Å². The maximum absolute atomic E-state index is 13.8. The molecule has 0 saturated carbocycles. The van der Waals surface area contributed by atoms with E-state index in [9.17, 15) is 28.5 Å². The van der Waals surface area contributed by atoms with E-state index in [0.717, 1.165) is 32.0 Å². The predicted octanol–water partition coefficient (Wildman–Crippen LogP) is 2.26. The molecule has 6 rings (SSSR count). The van der Waals surface area contributed by atoms with Crippen LogP contribution in [0, 0.1) is 24.4 Å². The number of thiazole rings is 1. The highest BCUT2D eigenvalue weighted by molar-refractivity contribution is 7.18. The first-order chi connectivity index (χ1) is 18.7. The molecule has 39 heavy (non-hydrogen) atoms. The van der Waals surface area contributed by atoms with Gasteiger partial charge in [0.05, 0.1) is 33.7 Å². The summed E-state index contributed by atoms with van der Waals surface area (Å²) in [6.07, 6.45) is -2.60. The smallest absolute Gasteiger partial charge is 0.194 e. The number of halogens is 3. The van der Waals surface area contributed by atoms with Crippen molar-refractivity contribution >= 4 is 21.6 Å². The van der Waals surface area contributed by atoms with Crippen molar-refractivity contribution in [3.05, 3.63) is 71.1 Å². The number of rotatable bonds is 5. The van der Waals surface area contributed by atoms with Crippen LogP contribution < -0.4 is 0 Å². The van der Waals surface area contributed by atoms with Crippen LogP contribution in [0.5, 0.6) is 0 Å². The molecule has 11 nitrogen and oxygen atoms in total. The van der Waals surface area contributed by atoms with Gasteiger partial charge in [0.1, 0.15) is 42.5 Å². The minimum Gasteiger partial charge on any atom is -0.394 e. The number of hydrogen-bond donors (Lipinski definition) is 3. The SMILES string of the molecule is Cc1nc2cc(-n3cnnc3[C@@H]3O[C@H](CO)[C@H](O)[C@H](n4cc(-c5cc(F)c(F)c(F)c5)nn4)[C@H]3O)ccc2s1. The average molecular weight is 560 g/mol. The van der Waals surface area contributed by atoms with Crippen LogP contribution in [0.15, 0.2) is 42.9 Å². The molecule has 5 aromatic rings. The van der Waals surface area contributed by atoms with Gasteiger partial charge in [0.2, 0.25) is 0 Å². The van der Waals surface area contributed by atoms with E-state index in [2.05, 4.69) is 25.5 Å². The maximum Gasteiger partial charge on any atom is 0.194 e. The number of aliphatic hydroxyl groups excluding tert-OH is 3. The fourth-order valence-corrected chi connectivity index (χ4v) is 5.51. The van der Waals surface area contributed by atoms with Crippen LogP contribution in [-0.4, -0.2) is 75.0 Å². The normalized spacial score (nSPS) is 23.5. The number of benzene rings is 2. The van der Waals surface area contributed by atoms with Crippen LogP contribution in [0.4, 0.5) is 13.2 Å². The van der Waals surface area contributed by atoms with Crippen LogP contribution in [0.25, 0.3) is 27.2 Å². The molecule has 2 aromatic carbocycles. The van der Waals surface area contributed by atoms with E-state index in [1.54, 1.807) is 15.9 Å². The molecule has 1 aliphatic heterocycles. The number of fused-ring (bicyclic) bond motifs is 1. The summed E-state index contributed by atoms with van der Waals surface area (Å²) in [7, 11) is 0. The minimum absolute atomic E-state index is 0.0363. The van der Waals surface area contributed by atoms with Gasteiger partial charge in [0, 0.05) is 5.56 Å². The van der Waals surface area contributed by atoms with Gasteiger partial charge < -0.3 is 20.1 Å². The number of nitrogens with zero attached hydrogens (tertiary/aromatic N) is 7. The van der Waals surface area contributed by atoms with Crippen molar-refractivity contribution in [2.24, 2.45) is 0 Å². The highest BCUT2D eigenvalue weighted by Crippen LogP contribution is 2.38. The van der Waals surface area contributed by atoms with Gasteiger partial charge in [-0.25, -0.2) is 22.8 Å². The van der Waals surface area contributed by atoms with Crippen LogP contribution in [0.1, 0.15) is 23.0 Å². The monoisotopic (exact) mass is 559 g/mol. The second kappa shape index (κ2) is 9.77. The van der Waals surface area contributed by atoms with Gasteiger partial charge >= 0.3 is 0 Å². The average Bonchev–Trinajstić information content (AvgIpc) is 3.66. The zero-order chi connectivity index (χ0) is 27.4. The molecule has 0 amide bonds. The Hall–Kier alpha value is -3.76. The van der Waals surface area contributed by atoms with E-state index in [1.807, 2.05) is 25.1 Å². The Morgan fingerprint density at radius 1 is 1.05 bits per heavy atom. The zero-order valence-electron chi connectivity index (χ0n) is 20.1. The molecule has 3 N–H and O–H groups in total. The van der Waals surface area contributed by atoms with Gasteiger partial charge in [0.25, 0.3) is 0 Å². The quantitative estimate of drug-likeness (QED) is 0.276. The summed E-state index contributed by atoms with van der Waals surface area (Å²) in [6.45, 7) is 1.30. The third kappa shape index (κ3) is 4.37. The van der Waals surface area contributed by atoms with E-state index < -0.39 is 54.5 Å². The van der Waals surface area contributed by atoms with Crippen molar-refractivity contribution in [2.75, 3.05) is 6.61 Å². The second-order valence-electron chi connectivity index (χ2n) is 9.03. The lowest BCUT2D eigenvalue weighted by molar-refractivity contribution is -0.210. The van der Waals surface area contributed by atoms with E-state index in [1.165, 1.54) is 12.5 Å². The lowest BCUT2D eigenvalue weighted by Gasteiger charge is -2.41. The number of aryl methyl sites for hydroxylation is 1. The summed E-state index contributed by atoms with van der Waals surface area (Å²) in [5, 5.41) is 49.0. The summed E-state index contributed by atoms with van der Waals surface area (Å²) in [6, 6.07) is 5.87. The van der Waals surface area contributed by atoms with E-state index >= 15 is 0 Å². The van der Waals surface area contributed by atoms with Gasteiger partial charge in [-0.3, -0.25) is 4.57 Å². The van der Waals surface area contributed by atoms with Crippen LogP contribution in [0.3, 0.4) is 0 Å². The third-order valence-electron chi connectivity index (χ3n) is 6.57. The van der Waals surface area contributed by atoms with Gasteiger partial charge in [0.15, 0.2) is 23.3 Å². The van der Waals surface area contributed by atoms with Crippen molar-refractivity contribution in [1.82, 2.24) is 34.7 Å². The molecular weight excluding hydrogens is 539 g/mol. The van der Waals surface area contributed by atoms with Crippen LogP contribution in [0.2, 0.25) is 0 Å². The van der Waals surface area contributed by atoms with E-state index in [0.29, 0.717) is 5.69 Å². The molecular formula is C24H20F3N7O4S. The summed E-state index contributed by atoms with van der Waals surface area (Å²) in [4.78, 5) is 4.50. The molecule has 0 bridgehead atoms. The Morgan fingerprint density at radius 3 is 2.56 bits per heavy atom. The van der Waals surface area contributed by atoms with Crippen LogP contribution >= 0.6 is 11.3 Å². The molecule has 0 unspecified atom stereocenters.